The minimum atomic E-state index is -0.464. The number of ketones is 1. The minimum absolute atomic E-state index is 0.0690. The van der Waals surface area contributed by atoms with Gasteiger partial charge >= 0.3 is 6.03 Å². The van der Waals surface area contributed by atoms with Crippen LogP contribution in [0.5, 0.6) is 11.5 Å². The molecule has 2 N–H and O–H groups in total. The number of rotatable bonds is 5. The second-order valence-electron chi connectivity index (χ2n) is 4.75. The van der Waals surface area contributed by atoms with Gasteiger partial charge in [0.2, 0.25) is 0 Å². The number of nitrogens with one attached hydrogen (secondary N) is 2. The van der Waals surface area contributed by atoms with Gasteiger partial charge in [-0.05, 0) is 31.2 Å². The van der Waals surface area contributed by atoms with Crippen molar-refractivity contribution in [1.29, 1.82) is 0 Å². The van der Waals surface area contributed by atoms with Crippen LogP contribution >= 0.6 is 0 Å². The summed E-state index contributed by atoms with van der Waals surface area (Å²) in [5.41, 5.74) is 1.47. The molecule has 2 aromatic carbocycles. The van der Waals surface area contributed by atoms with Gasteiger partial charge in [0.05, 0.1) is 14.2 Å². The van der Waals surface area contributed by atoms with Crippen LogP contribution in [0.2, 0.25) is 0 Å². The molecule has 120 valence electrons. The minimum Gasteiger partial charge on any atom is -0.494 e. The van der Waals surface area contributed by atoms with E-state index >= 15 is 0 Å². The van der Waals surface area contributed by atoms with Crippen LogP contribution in [0.15, 0.2) is 42.5 Å². The summed E-state index contributed by atoms with van der Waals surface area (Å²) in [6.45, 7) is 1.47. The van der Waals surface area contributed by atoms with Gasteiger partial charge in [0.25, 0.3) is 0 Å². The Morgan fingerprint density at radius 1 is 0.913 bits per heavy atom. The number of Topliss-reactive ketones (excluding diaryl/α,β-unsaturated/α-hetero) is 1. The van der Waals surface area contributed by atoms with Crippen molar-refractivity contribution >= 4 is 23.2 Å². The van der Waals surface area contributed by atoms with Crippen molar-refractivity contribution < 1.29 is 19.1 Å². The molecular weight excluding hydrogens is 296 g/mol. The molecule has 0 heterocycles. The fraction of sp³-hybridized carbons (Fsp3) is 0.176. The van der Waals surface area contributed by atoms with Crippen molar-refractivity contribution in [3.05, 3.63) is 48.0 Å². The first-order valence-electron chi connectivity index (χ1n) is 6.95. The molecular formula is C17H18N2O4. The Kier molecular flexibility index (Phi) is 5.19. The molecule has 0 spiro atoms. The number of urea groups is 1. The third kappa shape index (κ3) is 4.00. The van der Waals surface area contributed by atoms with Crippen LogP contribution in [-0.4, -0.2) is 26.0 Å². The highest BCUT2D eigenvalue weighted by molar-refractivity contribution is 6.03. The molecule has 23 heavy (non-hydrogen) atoms. The van der Waals surface area contributed by atoms with Crippen LogP contribution in [0, 0.1) is 0 Å². The van der Waals surface area contributed by atoms with Gasteiger partial charge in [0.15, 0.2) is 5.78 Å². The van der Waals surface area contributed by atoms with Gasteiger partial charge in [0, 0.05) is 11.3 Å². The lowest BCUT2D eigenvalue weighted by molar-refractivity contribution is 0.101. The second kappa shape index (κ2) is 7.31. The zero-order valence-electron chi connectivity index (χ0n) is 13.2. The van der Waals surface area contributed by atoms with E-state index in [1.807, 2.05) is 0 Å². The van der Waals surface area contributed by atoms with E-state index in [0.29, 0.717) is 28.4 Å². The van der Waals surface area contributed by atoms with Gasteiger partial charge < -0.3 is 20.1 Å². The number of ether oxygens (including phenoxy) is 2. The summed E-state index contributed by atoms with van der Waals surface area (Å²) in [5.74, 6) is 0.898. The number of amides is 2. The van der Waals surface area contributed by atoms with Crippen molar-refractivity contribution in [2.45, 2.75) is 6.92 Å². The monoisotopic (exact) mass is 314 g/mol. The number of carbonyl (C=O) groups excluding carboxylic acids is 2. The molecule has 0 bridgehead atoms. The zero-order chi connectivity index (χ0) is 16.8. The van der Waals surface area contributed by atoms with Gasteiger partial charge in [-0.1, -0.05) is 18.2 Å². The highest BCUT2D eigenvalue weighted by atomic mass is 16.5. The van der Waals surface area contributed by atoms with Crippen molar-refractivity contribution in [1.82, 2.24) is 0 Å². The predicted octanol–water partition coefficient (Wildman–Crippen LogP) is 3.55. The number of benzene rings is 2. The third-order valence-corrected chi connectivity index (χ3v) is 3.19. The van der Waals surface area contributed by atoms with Gasteiger partial charge in [-0.2, -0.15) is 0 Å². The van der Waals surface area contributed by atoms with Crippen molar-refractivity contribution in [3.8, 4) is 11.5 Å². The Bertz CT molecular complexity index is 706. The first kappa shape index (κ1) is 16.4. The number of anilines is 2. The maximum absolute atomic E-state index is 12.2. The second-order valence-corrected chi connectivity index (χ2v) is 4.75. The molecule has 0 aliphatic carbocycles. The van der Waals surface area contributed by atoms with Crippen LogP contribution in [0.4, 0.5) is 16.2 Å². The number of methoxy groups -OCH3 is 2. The van der Waals surface area contributed by atoms with Crippen LogP contribution in [0.25, 0.3) is 0 Å². The zero-order valence-corrected chi connectivity index (χ0v) is 13.2. The molecule has 6 heteroatoms. The third-order valence-electron chi connectivity index (χ3n) is 3.19. The van der Waals surface area contributed by atoms with E-state index in [9.17, 15) is 9.59 Å². The predicted molar refractivity (Wildman–Crippen MR) is 88.6 cm³/mol. The number of hydrogen-bond donors (Lipinski definition) is 2. The first-order chi connectivity index (χ1) is 11.0. The summed E-state index contributed by atoms with van der Waals surface area (Å²) < 4.78 is 10.4. The van der Waals surface area contributed by atoms with Gasteiger partial charge in [0.1, 0.15) is 17.2 Å². The van der Waals surface area contributed by atoms with E-state index in [0.717, 1.165) is 0 Å². The summed E-state index contributed by atoms with van der Waals surface area (Å²) in [6, 6.07) is 11.4. The van der Waals surface area contributed by atoms with Crippen LogP contribution in [0.3, 0.4) is 0 Å². The summed E-state index contributed by atoms with van der Waals surface area (Å²) in [7, 11) is 3.02. The van der Waals surface area contributed by atoms with Gasteiger partial charge in [-0.15, -0.1) is 0 Å². The molecule has 0 fully saturated rings. The molecule has 0 aliphatic rings. The highest BCUT2D eigenvalue weighted by Crippen LogP contribution is 2.34. The first-order valence-corrected chi connectivity index (χ1v) is 6.95. The lowest BCUT2D eigenvalue weighted by Crippen LogP contribution is -2.20. The van der Waals surface area contributed by atoms with E-state index in [2.05, 4.69) is 10.6 Å². The van der Waals surface area contributed by atoms with Crippen molar-refractivity contribution in [3.63, 3.8) is 0 Å². The van der Waals surface area contributed by atoms with Crippen LogP contribution in [0.1, 0.15) is 17.3 Å². The SMILES string of the molecule is COc1cccc(OC)c1NC(=O)Nc1cccc(C(C)=O)c1. The Morgan fingerprint density at radius 3 is 2.09 bits per heavy atom. The lowest BCUT2D eigenvalue weighted by atomic mass is 10.1. The van der Waals surface area contributed by atoms with Gasteiger partial charge in [-0.3, -0.25) is 4.79 Å². The molecule has 0 unspecified atom stereocenters. The fourth-order valence-corrected chi connectivity index (χ4v) is 2.07. The van der Waals surface area contributed by atoms with Crippen LogP contribution in [-0.2, 0) is 0 Å². The fourth-order valence-electron chi connectivity index (χ4n) is 2.07. The van der Waals surface area contributed by atoms with Gasteiger partial charge in [-0.25, -0.2) is 4.79 Å². The number of para-hydroxylation sites is 1. The summed E-state index contributed by atoms with van der Waals surface area (Å²) >= 11 is 0. The molecule has 0 saturated carbocycles. The van der Waals surface area contributed by atoms with E-state index in [4.69, 9.17) is 9.47 Å². The van der Waals surface area contributed by atoms with Crippen molar-refractivity contribution in [2.75, 3.05) is 24.9 Å². The topological polar surface area (TPSA) is 76.7 Å². The molecule has 0 atom stereocenters. The molecule has 2 rings (SSSR count). The van der Waals surface area contributed by atoms with E-state index in [1.165, 1.54) is 21.1 Å². The largest absolute Gasteiger partial charge is 0.494 e. The lowest BCUT2D eigenvalue weighted by Gasteiger charge is -2.14. The Balaban J connectivity index is 2.17. The Labute approximate surface area is 134 Å². The number of hydrogen-bond acceptors (Lipinski definition) is 4. The van der Waals surface area contributed by atoms with E-state index < -0.39 is 6.03 Å². The molecule has 2 aromatic rings. The molecule has 0 radical (unpaired) electrons. The maximum atomic E-state index is 12.2. The standard InChI is InChI=1S/C17H18N2O4/c1-11(20)12-6-4-7-13(10-12)18-17(21)19-16-14(22-2)8-5-9-15(16)23-3/h4-10H,1-3H3,(H2,18,19,21). The molecule has 0 aromatic heterocycles. The maximum Gasteiger partial charge on any atom is 0.323 e. The quantitative estimate of drug-likeness (QED) is 0.827. The van der Waals surface area contributed by atoms with Crippen LogP contribution < -0.4 is 20.1 Å². The summed E-state index contributed by atoms with van der Waals surface area (Å²) in [6.07, 6.45) is 0. The average molecular weight is 314 g/mol. The van der Waals surface area contributed by atoms with Crippen molar-refractivity contribution in [2.24, 2.45) is 0 Å². The Morgan fingerprint density at radius 2 is 1.52 bits per heavy atom. The summed E-state index contributed by atoms with van der Waals surface area (Å²) in [4.78, 5) is 23.6. The normalized spacial score (nSPS) is 9.87. The molecule has 6 nitrogen and oxygen atoms in total. The van der Waals surface area contributed by atoms with E-state index in [1.54, 1.807) is 42.5 Å². The smallest absolute Gasteiger partial charge is 0.323 e. The Hall–Kier alpha value is -3.02. The average Bonchev–Trinajstić information content (AvgIpc) is 2.55. The molecule has 2 amide bonds. The summed E-state index contributed by atoms with van der Waals surface area (Å²) in [5, 5.41) is 5.37. The van der Waals surface area contributed by atoms with E-state index in [-0.39, 0.29) is 5.78 Å². The molecule has 0 saturated heterocycles. The molecule has 0 aliphatic heterocycles. The highest BCUT2D eigenvalue weighted by Gasteiger charge is 2.13. The number of carbonyl (C=O) groups is 2.